The molecule has 1 fully saturated rings. The first-order valence-corrected chi connectivity index (χ1v) is 15.9. The average Bonchev–Trinajstić information content (AvgIpc) is 3.04. The highest BCUT2D eigenvalue weighted by atomic mass is 19.2. The molecule has 1 saturated carbocycles. The van der Waals surface area contributed by atoms with Crippen LogP contribution in [0.15, 0.2) is 66.8 Å². The molecule has 5 rings (SSSR count). The molecule has 0 N–H and O–H groups in total. The fourth-order valence-corrected chi connectivity index (χ4v) is 6.92. The number of allylic oxidation sites excluding steroid dienone is 3. The molecule has 0 aromatic heterocycles. The van der Waals surface area contributed by atoms with E-state index in [-0.39, 0.29) is 23.5 Å². The van der Waals surface area contributed by atoms with Crippen LogP contribution in [-0.4, -0.2) is 6.61 Å². The van der Waals surface area contributed by atoms with Crippen molar-refractivity contribution in [3.8, 4) is 28.0 Å². The van der Waals surface area contributed by atoms with Crippen LogP contribution in [0.5, 0.6) is 5.75 Å². The van der Waals surface area contributed by atoms with Gasteiger partial charge in [-0.3, -0.25) is 0 Å². The van der Waals surface area contributed by atoms with E-state index in [1.807, 2.05) is 6.92 Å². The maximum atomic E-state index is 15.4. The number of hydrogen-bond acceptors (Lipinski definition) is 1. The quantitative estimate of drug-likeness (QED) is 0.169. The minimum atomic E-state index is -1.06. The van der Waals surface area contributed by atoms with Crippen LogP contribution >= 0.6 is 0 Å². The molecule has 0 spiro atoms. The van der Waals surface area contributed by atoms with Gasteiger partial charge in [-0.25, -0.2) is 13.2 Å². The number of ether oxygens (including phenoxy) is 1. The zero-order chi connectivity index (χ0) is 30.3. The van der Waals surface area contributed by atoms with Crippen molar-refractivity contribution in [2.24, 2.45) is 17.8 Å². The van der Waals surface area contributed by atoms with E-state index in [9.17, 15) is 8.78 Å². The summed E-state index contributed by atoms with van der Waals surface area (Å²) in [4.78, 5) is 0. The first kappa shape index (κ1) is 31.1. The number of hydrogen-bond donors (Lipinski definition) is 0. The summed E-state index contributed by atoms with van der Waals surface area (Å²) in [6.45, 7) is 4.21. The molecule has 3 aromatic carbocycles. The minimum Gasteiger partial charge on any atom is -0.486 e. The van der Waals surface area contributed by atoms with E-state index in [1.54, 1.807) is 48.6 Å². The van der Waals surface area contributed by atoms with E-state index in [2.05, 4.69) is 13.0 Å². The normalized spacial score (nSPS) is 20.8. The van der Waals surface area contributed by atoms with Gasteiger partial charge in [-0.2, -0.15) is 4.39 Å². The lowest BCUT2D eigenvalue weighted by molar-refractivity contribution is 0.188. The molecule has 0 bridgehead atoms. The van der Waals surface area contributed by atoms with Gasteiger partial charge in [0.2, 0.25) is 5.82 Å². The number of halogens is 4. The molecule has 2 aliphatic carbocycles. The topological polar surface area (TPSA) is 9.23 Å². The Hall–Kier alpha value is -3.34. The van der Waals surface area contributed by atoms with Crippen molar-refractivity contribution in [1.29, 1.82) is 0 Å². The smallest absolute Gasteiger partial charge is 0.201 e. The Labute approximate surface area is 253 Å². The summed E-state index contributed by atoms with van der Waals surface area (Å²) in [5.74, 6) is -1.68. The first-order chi connectivity index (χ1) is 20.9. The highest BCUT2D eigenvalue weighted by Crippen LogP contribution is 2.43. The Balaban J connectivity index is 1.26. The molecule has 0 aliphatic heterocycles. The second-order valence-corrected chi connectivity index (χ2v) is 12.2. The lowest BCUT2D eigenvalue weighted by atomic mass is 9.70. The predicted molar refractivity (Wildman–Crippen MR) is 168 cm³/mol. The Bertz CT molecular complexity index is 1450. The first-order valence-electron chi connectivity index (χ1n) is 15.9. The summed E-state index contributed by atoms with van der Waals surface area (Å²) in [5.41, 5.74) is 2.33. The lowest BCUT2D eigenvalue weighted by Gasteiger charge is -2.35. The van der Waals surface area contributed by atoms with E-state index < -0.39 is 23.3 Å². The molecule has 1 unspecified atom stereocenters. The van der Waals surface area contributed by atoms with Crippen LogP contribution < -0.4 is 4.74 Å². The molecule has 3 aromatic rings. The molecule has 0 saturated heterocycles. The average molecular weight is 591 g/mol. The van der Waals surface area contributed by atoms with Crippen molar-refractivity contribution in [2.45, 2.75) is 78.1 Å². The van der Waals surface area contributed by atoms with Gasteiger partial charge in [0.05, 0.1) is 0 Å². The maximum absolute atomic E-state index is 15.4. The zero-order valence-electron chi connectivity index (χ0n) is 25.3. The Morgan fingerprint density at radius 1 is 0.721 bits per heavy atom. The molecule has 1 atom stereocenters. The van der Waals surface area contributed by atoms with Crippen molar-refractivity contribution in [3.05, 3.63) is 95.6 Å². The standard InChI is InChI=1S/C38H42F4O/c1-3-5-7-25-8-10-26(11-9-25)27-12-14-28(15-13-27)31-20-21-32(36(40)35(31)39)29-16-18-30(19-17-29)33-22-23-34(38(42)37(33)41)43-24-6-4-2/h4,6,14,16-23,25-27H,3,5,7-13,15,24H2,1-2H3. The van der Waals surface area contributed by atoms with Crippen LogP contribution in [0, 0.1) is 41.0 Å². The van der Waals surface area contributed by atoms with Gasteiger partial charge in [-0.05, 0) is 85.6 Å². The van der Waals surface area contributed by atoms with Gasteiger partial charge in [-0.1, -0.05) is 93.7 Å². The van der Waals surface area contributed by atoms with Gasteiger partial charge in [0.15, 0.2) is 23.2 Å². The fourth-order valence-electron chi connectivity index (χ4n) is 6.92. The van der Waals surface area contributed by atoms with Gasteiger partial charge in [0.25, 0.3) is 0 Å². The third-order valence-electron chi connectivity index (χ3n) is 9.53. The third kappa shape index (κ3) is 7.08. The van der Waals surface area contributed by atoms with Crippen LogP contribution in [0.4, 0.5) is 17.6 Å². The zero-order valence-corrected chi connectivity index (χ0v) is 25.3. The Morgan fingerprint density at radius 2 is 1.33 bits per heavy atom. The molecular weight excluding hydrogens is 548 g/mol. The summed E-state index contributed by atoms with van der Waals surface area (Å²) in [5, 5.41) is 0. The summed E-state index contributed by atoms with van der Waals surface area (Å²) in [6.07, 6.45) is 17.6. The summed E-state index contributed by atoms with van der Waals surface area (Å²) < 4.78 is 65.4. The van der Waals surface area contributed by atoms with Gasteiger partial charge in [-0.15, -0.1) is 0 Å². The summed E-state index contributed by atoms with van der Waals surface area (Å²) in [7, 11) is 0. The SMILES string of the molecule is CC=CCOc1ccc(-c2ccc(-c3ccc(C4=CCC(C5CCC(CCCC)CC5)CC4)c(F)c3F)cc2)c(F)c1F. The van der Waals surface area contributed by atoms with Crippen LogP contribution in [0.2, 0.25) is 0 Å². The maximum Gasteiger partial charge on any atom is 0.201 e. The van der Waals surface area contributed by atoms with Gasteiger partial charge >= 0.3 is 0 Å². The molecular formula is C38H42F4O. The molecule has 228 valence electrons. The van der Waals surface area contributed by atoms with E-state index in [0.29, 0.717) is 22.6 Å². The highest BCUT2D eigenvalue weighted by Gasteiger charge is 2.29. The molecule has 2 aliphatic rings. The predicted octanol–water partition coefficient (Wildman–Crippen LogP) is 11.7. The highest BCUT2D eigenvalue weighted by molar-refractivity contribution is 5.74. The number of benzene rings is 3. The van der Waals surface area contributed by atoms with Crippen LogP contribution in [0.25, 0.3) is 27.8 Å². The van der Waals surface area contributed by atoms with Crippen molar-refractivity contribution in [3.63, 3.8) is 0 Å². The Morgan fingerprint density at radius 3 is 1.93 bits per heavy atom. The lowest BCUT2D eigenvalue weighted by Crippen LogP contribution is -2.23. The number of rotatable bonds is 10. The van der Waals surface area contributed by atoms with Crippen molar-refractivity contribution in [2.75, 3.05) is 6.61 Å². The number of unbranched alkanes of at least 4 members (excludes halogenated alkanes) is 1. The van der Waals surface area contributed by atoms with E-state index >= 15 is 8.78 Å². The third-order valence-corrected chi connectivity index (χ3v) is 9.53. The van der Waals surface area contributed by atoms with Crippen molar-refractivity contribution < 1.29 is 22.3 Å². The molecule has 5 heteroatoms. The van der Waals surface area contributed by atoms with Crippen LogP contribution in [0.3, 0.4) is 0 Å². The largest absolute Gasteiger partial charge is 0.486 e. The Kier molecular flexibility index (Phi) is 10.4. The minimum absolute atomic E-state index is 0.0662. The van der Waals surface area contributed by atoms with Gasteiger partial charge in [0, 0.05) is 16.7 Å². The van der Waals surface area contributed by atoms with E-state index in [0.717, 1.165) is 36.7 Å². The van der Waals surface area contributed by atoms with E-state index in [1.165, 1.54) is 57.1 Å². The summed E-state index contributed by atoms with van der Waals surface area (Å²) in [6, 6.07) is 12.5. The van der Waals surface area contributed by atoms with Gasteiger partial charge < -0.3 is 4.74 Å². The van der Waals surface area contributed by atoms with Crippen LogP contribution in [-0.2, 0) is 0 Å². The molecule has 0 amide bonds. The second-order valence-electron chi connectivity index (χ2n) is 12.2. The monoisotopic (exact) mass is 590 g/mol. The van der Waals surface area contributed by atoms with Crippen molar-refractivity contribution in [1.82, 2.24) is 0 Å². The summed E-state index contributed by atoms with van der Waals surface area (Å²) >= 11 is 0. The second kappa shape index (κ2) is 14.4. The van der Waals surface area contributed by atoms with E-state index in [4.69, 9.17) is 4.74 Å². The molecule has 43 heavy (non-hydrogen) atoms. The van der Waals surface area contributed by atoms with Crippen molar-refractivity contribution >= 4 is 5.57 Å². The fraction of sp³-hybridized carbons (Fsp3) is 0.421. The van der Waals surface area contributed by atoms with Gasteiger partial charge in [0.1, 0.15) is 6.61 Å². The molecule has 0 radical (unpaired) electrons. The van der Waals surface area contributed by atoms with Crippen LogP contribution in [0.1, 0.15) is 83.6 Å². The molecule has 0 heterocycles. The molecule has 1 nitrogen and oxygen atoms in total.